The predicted octanol–water partition coefficient (Wildman–Crippen LogP) is 2.58. The van der Waals surface area contributed by atoms with E-state index in [1.807, 2.05) is 36.4 Å². The summed E-state index contributed by atoms with van der Waals surface area (Å²) in [6.07, 6.45) is 1.14. The van der Waals surface area contributed by atoms with Crippen molar-refractivity contribution >= 4 is 5.91 Å². The Kier molecular flexibility index (Phi) is 4.19. The Morgan fingerprint density at radius 3 is 2.80 bits per heavy atom. The van der Waals surface area contributed by atoms with E-state index >= 15 is 0 Å². The van der Waals surface area contributed by atoms with Crippen LogP contribution in [-0.4, -0.2) is 35.2 Å². The fourth-order valence-electron chi connectivity index (χ4n) is 3.74. The zero-order valence-corrected chi connectivity index (χ0v) is 14.2. The topological polar surface area (TPSA) is 61.8 Å². The van der Waals surface area contributed by atoms with Crippen molar-refractivity contribution in [3.05, 3.63) is 59.2 Å². The van der Waals surface area contributed by atoms with E-state index in [0.29, 0.717) is 19.5 Å². The highest BCUT2D eigenvalue weighted by Gasteiger charge is 2.35. The summed E-state index contributed by atoms with van der Waals surface area (Å²) in [5.41, 5.74) is 5.94. The number of amides is 1. The normalized spacial score (nSPS) is 22.0. The van der Waals surface area contributed by atoms with Crippen molar-refractivity contribution in [3.63, 3.8) is 0 Å². The molecule has 2 N–H and O–H groups in total. The number of hydrogen-bond donors (Lipinski definition) is 2. The molecule has 2 aliphatic heterocycles. The molecule has 0 aliphatic carbocycles. The van der Waals surface area contributed by atoms with E-state index < -0.39 is 5.92 Å². The van der Waals surface area contributed by atoms with Crippen LogP contribution in [0.3, 0.4) is 0 Å². The second-order valence-electron chi connectivity index (χ2n) is 6.62. The number of para-hydroxylation sites is 1. The first kappa shape index (κ1) is 16.1. The molecule has 1 amide bonds. The van der Waals surface area contributed by atoms with Crippen LogP contribution in [-0.2, 0) is 11.2 Å². The zero-order chi connectivity index (χ0) is 17.4. The third kappa shape index (κ3) is 2.90. The Morgan fingerprint density at radius 1 is 1.24 bits per heavy atom. The van der Waals surface area contributed by atoms with Crippen LogP contribution in [0.5, 0.6) is 11.5 Å². The molecule has 4 rings (SSSR count). The Bertz CT molecular complexity index is 805. The average Bonchev–Trinajstić information content (AvgIpc) is 3.03. The summed E-state index contributed by atoms with van der Waals surface area (Å²) in [6.45, 7) is 3.22. The van der Waals surface area contributed by atoms with Gasteiger partial charge in [0.15, 0.2) is 0 Å². The number of aliphatic hydroxyl groups excluding tert-OH is 1. The number of carbonyl (C=O) groups excluding carboxylic acids is 1. The van der Waals surface area contributed by atoms with Gasteiger partial charge in [0.25, 0.3) is 0 Å². The fraction of sp³-hybridized carbons (Fsp3) is 0.350. The Balaban J connectivity index is 1.74. The van der Waals surface area contributed by atoms with E-state index in [-0.39, 0.29) is 12.0 Å². The molecular weight excluding hydrogens is 316 g/mol. The molecule has 0 aromatic heterocycles. The van der Waals surface area contributed by atoms with Gasteiger partial charge in [0.2, 0.25) is 5.91 Å². The first-order chi connectivity index (χ1) is 12.2. The van der Waals surface area contributed by atoms with Crippen LogP contribution in [0.2, 0.25) is 0 Å². The number of nitrogens with zero attached hydrogens (tertiary/aromatic N) is 1. The summed E-state index contributed by atoms with van der Waals surface area (Å²) in [5, 5.41) is 11.5. The lowest BCUT2D eigenvalue weighted by molar-refractivity contribution is -0.126. The molecule has 0 bridgehead atoms. The highest BCUT2D eigenvalue weighted by Crippen LogP contribution is 2.45. The van der Waals surface area contributed by atoms with E-state index in [9.17, 15) is 9.90 Å². The van der Waals surface area contributed by atoms with Gasteiger partial charge in [0.1, 0.15) is 11.5 Å². The maximum absolute atomic E-state index is 13.2. The van der Waals surface area contributed by atoms with Crippen LogP contribution >= 0.6 is 0 Å². The summed E-state index contributed by atoms with van der Waals surface area (Å²) >= 11 is 0. The van der Waals surface area contributed by atoms with Gasteiger partial charge in [-0.2, -0.15) is 0 Å². The fourth-order valence-corrected chi connectivity index (χ4v) is 3.74. The second kappa shape index (κ2) is 6.50. The van der Waals surface area contributed by atoms with Crippen molar-refractivity contribution in [1.82, 2.24) is 10.4 Å². The number of nitrogens with one attached hydrogen (secondary N) is 1. The van der Waals surface area contributed by atoms with Crippen LogP contribution < -0.4 is 10.2 Å². The number of β-amino-alcohol motifs (C(OH)–C–C–N with tert-alkyl or cyclic N) is 1. The quantitative estimate of drug-likeness (QED) is 0.903. The van der Waals surface area contributed by atoms with Crippen molar-refractivity contribution in [2.24, 2.45) is 0 Å². The van der Waals surface area contributed by atoms with E-state index in [4.69, 9.17) is 4.74 Å². The van der Waals surface area contributed by atoms with Gasteiger partial charge in [-0.3, -0.25) is 10.2 Å². The van der Waals surface area contributed by atoms with Crippen molar-refractivity contribution in [3.8, 4) is 11.5 Å². The molecule has 130 valence electrons. The number of aryl methyl sites for hydroxylation is 1. The summed E-state index contributed by atoms with van der Waals surface area (Å²) < 4.78 is 6.05. The molecule has 2 aromatic carbocycles. The highest BCUT2D eigenvalue weighted by atomic mass is 16.5. The maximum Gasteiger partial charge on any atom is 0.246 e. The minimum atomic E-state index is -0.408. The smallest absolute Gasteiger partial charge is 0.246 e. The third-order valence-corrected chi connectivity index (χ3v) is 4.97. The first-order valence-electron chi connectivity index (χ1n) is 8.79. The standard InChI is InChI=1S/C20H22N2O3/c1-2-13-6-5-9-17-18(13)19(15-7-3-4-8-16(15)25-17)20(24)21-22-11-10-14(23)12-22/h3-9,14,19,23H,2,10-12H2,1H3,(H,21,24)/t14-,19?/m0/s1. The van der Waals surface area contributed by atoms with Crippen LogP contribution in [0, 0.1) is 0 Å². The number of benzene rings is 2. The number of rotatable bonds is 3. The Labute approximate surface area is 147 Å². The van der Waals surface area contributed by atoms with E-state index in [1.54, 1.807) is 5.01 Å². The molecule has 2 aromatic rings. The van der Waals surface area contributed by atoms with E-state index in [1.165, 1.54) is 0 Å². The summed E-state index contributed by atoms with van der Waals surface area (Å²) in [5.74, 6) is 0.991. The zero-order valence-electron chi connectivity index (χ0n) is 14.2. The molecule has 25 heavy (non-hydrogen) atoms. The minimum absolute atomic E-state index is 0.0769. The molecule has 2 atom stereocenters. The maximum atomic E-state index is 13.2. The number of hydrazine groups is 1. The van der Waals surface area contributed by atoms with Gasteiger partial charge < -0.3 is 9.84 Å². The van der Waals surface area contributed by atoms with Crippen molar-refractivity contribution < 1.29 is 14.6 Å². The summed E-state index contributed by atoms with van der Waals surface area (Å²) in [4.78, 5) is 13.2. The Hall–Kier alpha value is -2.37. The molecule has 1 unspecified atom stereocenters. The molecular formula is C20H22N2O3. The molecule has 5 nitrogen and oxygen atoms in total. The molecule has 2 heterocycles. The van der Waals surface area contributed by atoms with Gasteiger partial charge >= 0.3 is 0 Å². The van der Waals surface area contributed by atoms with Crippen LogP contribution in [0.1, 0.15) is 36.0 Å². The number of hydrogen-bond acceptors (Lipinski definition) is 4. The second-order valence-corrected chi connectivity index (χ2v) is 6.62. The predicted molar refractivity (Wildman–Crippen MR) is 94.5 cm³/mol. The van der Waals surface area contributed by atoms with Crippen molar-refractivity contribution in [2.75, 3.05) is 13.1 Å². The molecule has 1 saturated heterocycles. The monoisotopic (exact) mass is 338 g/mol. The lowest BCUT2D eigenvalue weighted by Crippen LogP contribution is -2.44. The summed E-state index contributed by atoms with van der Waals surface area (Å²) in [7, 11) is 0. The van der Waals surface area contributed by atoms with Gasteiger partial charge in [0, 0.05) is 24.2 Å². The lowest BCUT2D eigenvalue weighted by atomic mass is 9.84. The molecule has 0 radical (unpaired) electrons. The molecule has 2 aliphatic rings. The summed E-state index contributed by atoms with van der Waals surface area (Å²) in [6, 6.07) is 13.6. The van der Waals surface area contributed by atoms with E-state index in [2.05, 4.69) is 18.4 Å². The van der Waals surface area contributed by atoms with Gasteiger partial charge in [-0.15, -0.1) is 0 Å². The molecule has 5 heteroatoms. The first-order valence-corrected chi connectivity index (χ1v) is 8.79. The van der Waals surface area contributed by atoms with Gasteiger partial charge in [-0.05, 0) is 30.5 Å². The Morgan fingerprint density at radius 2 is 2.04 bits per heavy atom. The number of fused-ring (bicyclic) bond motifs is 2. The SMILES string of the molecule is CCc1cccc2c1C(C(=O)NN1CC[C@H](O)C1)c1ccccc1O2. The van der Waals surface area contributed by atoms with Crippen LogP contribution in [0.15, 0.2) is 42.5 Å². The minimum Gasteiger partial charge on any atom is -0.457 e. The third-order valence-electron chi connectivity index (χ3n) is 4.97. The average molecular weight is 338 g/mol. The van der Waals surface area contributed by atoms with Crippen LogP contribution in [0.25, 0.3) is 0 Å². The largest absolute Gasteiger partial charge is 0.457 e. The molecule has 1 fully saturated rings. The number of aliphatic hydroxyl groups is 1. The van der Waals surface area contributed by atoms with Gasteiger partial charge in [0.05, 0.1) is 12.0 Å². The number of carbonyl (C=O) groups is 1. The van der Waals surface area contributed by atoms with Gasteiger partial charge in [-0.1, -0.05) is 37.3 Å². The van der Waals surface area contributed by atoms with Crippen LogP contribution in [0.4, 0.5) is 0 Å². The van der Waals surface area contributed by atoms with Crippen molar-refractivity contribution in [1.29, 1.82) is 0 Å². The number of ether oxygens (including phenoxy) is 1. The molecule has 0 saturated carbocycles. The lowest BCUT2D eigenvalue weighted by Gasteiger charge is -2.30. The molecule has 0 spiro atoms. The van der Waals surface area contributed by atoms with E-state index in [0.717, 1.165) is 34.6 Å². The van der Waals surface area contributed by atoms with Gasteiger partial charge in [-0.25, -0.2) is 5.01 Å². The highest BCUT2D eigenvalue weighted by molar-refractivity contribution is 5.89. The van der Waals surface area contributed by atoms with Crippen molar-refractivity contribution in [2.45, 2.75) is 31.8 Å².